The molecule has 2 heteroatoms. The summed E-state index contributed by atoms with van der Waals surface area (Å²) in [5.74, 6) is 0. The summed E-state index contributed by atoms with van der Waals surface area (Å²) in [5, 5.41) is 0. The maximum Gasteiger partial charge on any atom is 0.0340 e. The molecule has 0 radical (unpaired) electrons. The number of rotatable bonds is 2. The van der Waals surface area contributed by atoms with E-state index in [9.17, 15) is 0 Å². The van der Waals surface area contributed by atoms with E-state index in [0.717, 1.165) is 11.1 Å². The molecule has 0 spiro atoms. The second-order valence-electron chi connectivity index (χ2n) is 3.28. The van der Waals surface area contributed by atoms with Crippen molar-refractivity contribution in [3.8, 4) is 0 Å². The smallest absolute Gasteiger partial charge is 0.0340 e. The van der Waals surface area contributed by atoms with Crippen LogP contribution >= 0.6 is 0 Å². The topological polar surface area (TPSA) is 25.8 Å². The molecular formula is C15H16N2. The van der Waals surface area contributed by atoms with Crippen molar-refractivity contribution < 1.29 is 0 Å². The van der Waals surface area contributed by atoms with Crippen molar-refractivity contribution >= 4 is 12.2 Å². The molecule has 0 fully saturated rings. The van der Waals surface area contributed by atoms with E-state index in [0.29, 0.717) is 0 Å². The van der Waals surface area contributed by atoms with Crippen molar-refractivity contribution in [2.75, 3.05) is 0 Å². The third-order valence-corrected chi connectivity index (χ3v) is 1.96. The first-order chi connectivity index (χ1) is 8.36. The zero-order valence-corrected chi connectivity index (χ0v) is 9.95. The molecule has 0 saturated heterocycles. The highest BCUT2D eigenvalue weighted by Gasteiger charge is 1.79. The molecule has 2 heterocycles. The third-order valence-electron chi connectivity index (χ3n) is 1.96. The van der Waals surface area contributed by atoms with Crippen LogP contribution in [0.4, 0.5) is 0 Å². The SMILES string of the molecule is C=Cc1cccnc1.CC=Cc1cccnc1. The molecule has 0 bridgehead atoms. The molecule has 2 nitrogen and oxygen atoms in total. The molecule has 2 rings (SSSR count). The van der Waals surface area contributed by atoms with E-state index in [2.05, 4.69) is 16.5 Å². The van der Waals surface area contributed by atoms with Crippen molar-refractivity contribution in [1.29, 1.82) is 0 Å². The van der Waals surface area contributed by atoms with Gasteiger partial charge in [-0.3, -0.25) is 9.97 Å². The first-order valence-corrected chi connectivity index (χ1v) is 5.42. The number of pyridine rings is 2. The summed E-state index contributed by atoms with van der Waals surface area (Å²) in [6.45, 7) is 5.58. The highest BCUT2D eigenvalue weighted by Crippen LogP contribution is 1.96. The van der Waals surface area contributed by atoms with Gasteiger partial charge in [-0.05, 0) is 30.2 Å². The lowest BCUT2D eigenvalue weighted by Gasteiger charge is -1.86. The van der Waals surface area contributed by atoms with Gasteiger partial charge in [-0.15, -0.1) is 0 Å². The van der Waals surface area contributed by atoms with Gasteiger partial charge in [0.05, 0.1) is 0 Å². The van der Waals surface area contributed by atoms with Gasteiger partial charge >= 0.3 is 0 Å². The molecule has 2 aromatic heterocycles. The Morgan fingerprint density at radius 3 is 1.94 bits per heavy atom. The summed E-state index contributed by atoms with van der Waals surface area (Å²) in [4.78, 5) is 7.84. The Balaban J connectivity index is 0.000000171. The van der Waals surface area contributed by atoms with Crippen molar-refractivity contribution in [3.05, 3.63) is 72.8 Å². The number of allylic oxidation sites excluding steroid dienone is 1. The maximum atomic E-state index is 3.95. The zero-order valence-electron chi connectivity index (χ0n) is 9.95. The molecule has 2 aromatic rings. The third kappa shape index (κ3) is 5.42. The summed E-state index contributed by atoms with van der Waals surface area (Å²) in [7, 11) is 0. The summed E-state index contributed by atoms with van der Waals surface area (Å²) < 4.78 is 0. The van der Waals surface area contributed by atoms with Gasteiger partial charge in [0, 0.05) is 24.8 Å². The molecule has 0 unspecified atom stereocenters. The van der Waals surface area contributed by atoms with Crippen LogP contribution in [0.5, 0.6) is 0 Å². The largest absolute Gasteiger partial charge is 0.264 e. The van der Waals surface area contributed by atoms with Crippen LogP contribution in [0.15, 0.2) is 61.7 Å². The minimum Gasteiger partial charge on any atom is -0.264 e. The molecule has 0 aromatic carbocycles. The summed E-state index contributed by atoms with van der Waals surface area (Å²) >= 11 is 0. The normalized spacial score (nSPS) is 9.47. The Labute approximate surface area is 102 Å². The van der Waals surface area contributed by atoms with Crippen molar-refractivity contribution in [3.63, 3.8) is 0 Å². The van der Waals surface area contributed by atoms with E-state index >= 15 is 0 Å². The molecule has 0 amide bonds. The van der Waals surface area contributed by atoms with Crippen LogP contribution in [-0.2, 0) is 0 Å². The fourth-order valence-electron chi connectivity index (χ4n) is 1.16. The van der Waals surface area contributed by atoms with Crippen molar-refractivity contribution in [2.45, 2.75) is 6.92 Å². The standard InChI is InChI=1S/C8H9N.C7H7N/c1-2-4-8-5-3-6-9-7-8;1-2-7-4-3-5-8-6-7/h2-7H,1H3;2-6H,1H2. The predicted molar refractivity (Wildman–Crippen MR) is 73.3 cm³/mol. The average Bonchev–Trinajstić information content (AvgIpc) is 2.42. The lowest BCUT2D eigenvalue weighted by atomic mass is 10.3. The van der Waals surface area contributed by atoms with Gasteiger partial charge < -0.3 is 0 Å². The molecule has 0 aliphatic heterocycles. The first-order valence-electron chi connectivity index (χ1n) is 5.42. The van der Waals surface area contributed by atoms with E-state index in [1.165, 1.54) is 0 Å². The molecule has 17 heavy (non-hydrogen) atoms. The summed E-state index contributed by atoms with van der Waals surface area (Å²) in [6.07, 6.45) is 12.9. The van der Waals surface area contributed by atoms with Crippen LogP contribution in [0.1, 0.15) is 18.1 Å². The van der Waals surface area contributed by atoms with E-state index < -0.39 is 0 Å². The molecule has 0 atom stereocenters. The molecule has 0 aliphatic carbocycles. The minimum absolute atomic E-state index is 1.06. The van der Waals surface area contributed by atoms with Crippen LogP contribution < -0.4 is 0 Å². The van der Waals surface area contributed by atoms with Gasteiger partial charge in [0.25, 0.3) is 0 Å². The number of hydrogen-bond donors (Lipinski definition) is 0. The summed E-state index contributed by atoms with van der Waals surface area (Å²) in [5.41, 5.74) is 2.22. The average molecular weight is 224 g/mol. The molecule has 0 aliphatic rings. The van der Waals surface area contributed by atoms with Gasteiger partial charge in [0.2, 0.25) is 0 Å². The fraction of sp³-hybridized carbons (Fsp3) is 0.0667. The van der Waals surface area contributed by atoms with Crippen LogP contribution in [0.2, 0.25) is 0 Å². The Morgan fingerprint density at radius 2 is 1.59 bits per heavy atom. The Hall–Kier alpha value is -2.22. The lowest BCUT2D eigenvalue weighted by molar-refractivity contribution is 1.32. The predicted octanol–water partition coefficient (Wildman–Crippen LogP) is 3.84. The first kappa shape index (κ1) is 12.8. The quantitative estimate of drug-likeness (QED) is 0.774. The lowest BCUT2D eigenvalue weighted by Crippen LogP contribution is -1.71. The fourth-order valence-corrected chi connectivity index (χ4v) is 1.16. The van der Waals surface area contributed by atoms with Crippen LogP contribution in [0.25, 0.3) is 12.2 Å². The van der Waals surface area contributed by atoms with Crippen molar-refractivity contribution in [1.82, 2.24) is 9.97 Å². The summed E-state index contributed by atoms with van der Waals surface area (Å²) in [6, 6.07) is 7.79. The van der Waals surface area contributed by atoms with E-state index in [1.807, 2.05) is 49.5 Å². The second kappa shape index (κ2) is 7.99. The van der Waals surface area contributed by atoms with Gasteiger partial charge in [0.1, 0.15) is 0 Å². The minimum atomic E-state index is 1.06. The monoisotopic (exact) mass is 224 g/mol. The maximum absolute atomic E-state index is 3.95. The highest BCUT2D eigenvalue weighted by molar-refractivity contribution is 5.46. The number of hydrogen-bond acceptors (Lipinski definition) is 2. The van der Waals surface area contributed by atoms with Crippen LogP contribution in [0.3, 0.4) is 0 Å². The zero-order chi connectivity index (χ0) is 12.3. The van der Waals surface area contributed by atoms with Gasteiger partial charge in [0.15, 0.2) is 0 Å². The molecule has 0 saturated carbocycles. The Morgan fingerprint density at radius 1 is 1.00 bits per heavy atom. The Kier molecular flexibility index (Phi) is 6.04. The van der Waals surface area contributed by atoms with Gasteiger partial charge in [-0.1, -0.05) is 36.9 Å². The molecular weight excluding hydrogens is 208 g/mol. The van der Waals surface area contributed by atoms with Crippen LogP contribution in [-0.4, -0.2) is 9.97 Å². The molecule has 0 N–H and O–H groups in total. The van der Waals surface area contributed by atoms with E-state index in [1.54, 1.807) is 24.7 Å². The van der Waals surface area contributed by atoms with E-state index in [-0.39, 0.29) is 0 Å². The highest BCUT2D eigenvalue weighted by atomic mass is 14.6. The Bertz CT molecular complexity index is 447. The van der Waals surface area contributed by atoms with Crippen LogP contribution in [0, 0.1) is 0 Å². The number of nitrogens with zero attached hydrogens (tertiary/aromatic N) is 2. The van der Waals surface area contributed by atoms with Crippen molar-refractivity contribution in [2.24, 2.45) is 0 Å². The van der Waals surface area contributed by atoms with Gasteiger partial charge in [-0.2, -0.15) is 0 Å². The molecule has 86 valence electrons. The second-order valence-corrected chi connectivity index (χ2v) is 3.28. The van der Waals surface area contributed by atoms with E-state index in [4.69, 9.17) is 0 Å². The number of aromatic nitrogens is 2. The van der Waals surface area contributed by atoms with Gasteiger partial charge in [-0.25, -0.2) is 0 Å².